The Labute approximate surface area is 157 Å². The lowest BCUT2D eigenvalue weighted by Crippen LogP contribution is -2.34. The number of carbonyl (C=O) groups is 2. The largest absolute Gasteiger partial charge is 0.469 e. The molecule has 0 aliphatic rings. The van der Waals surface area contributed by atoms with Gasteiger partial charge >= 0.3 is 12.1 Å². The van der Waals surface area contributed by atoms with E-state index < -0.39 is 19.8 Å². The van der Waals surface area contributed by atoms with Gasteiger partial charge in [0.05, 0.1) is 13.5 Å². The third-order valence-electron chi connectivity index (χ3n) is 3.19. The van der Waals surface area contributed by atoms with E-state index in [-0.39, 0.29) is 12.4 Å². The van der Waals surface area contributed by atoms with Crippen molar-refractivity contribution >= 4 is 25.8 Å². The monoisotopic (exact) mass is 375 g/mol. The van der Waals surface area contributed by atoms with Crippen LogP contribution < -0.4 is 4.90 Å². The molecule has 1 rings (SSSR count). The fourth-order valence-electron chi connectivity index (χ4n) is 1.98. The standard InChI is InChI=1S/C20H29NO4Si/c1-20(2,3)25-19(23)21(4)17-12-15(9-10-26(6,7)8)11-16(13-17)14-18(22)24-5/h11-13H,14H2,1-8H3. The third-order valence-corrected chi connectivity index (χ3v) is 4.07. The zero-order valence-electron chi connectivity index (χ0n) is 17.0. The Balaban J connectivity index is 3.27. The van der Waals surface area contributed by atoms with Crippen LogP contribution >= 0.6 is 0 Å². The first-order valence-corrected chi connectivity index (χ1v) is 12.0. The molecule has 0 saturated heterocycles. The molecule has 26 heavy (non-hydrogen) atoms. The lowest BCUT2D eigenvalue weighted by atomic mass is 10.1. The number of carbonyl (C=O) groups excluding carboxylic acids is 2. The fourth-order valence-corrected chi connectivity index (χ4v) is 2.50. The Hall–Kier alpha value is -2.26. The maximum atomic E-state index is 12.4. The Kier molecular flexibility index (Phi) is 7.05. The fraction of sp³-hybridized carbons (Fsp3) is 0.500. The predicted molar refractivity (Wildman–Crippen MR) is 107 cm³/mol. The van der Waals surface area contributed by atoms with E-state index in [2.05, 4.69) is 31.1 Å². The molecule has 0 atom stereocenters. The van der Waals surface area contributed by atoms with Gasteiger partial charge in [0, 0.05) is 18.3 Å². The van der Waals surface area contributed by atoms with Crippen LogP contribution in [0.4, 0.5) is 10.5 Å². The van der Waals surface area contributed by atoms with Crippen molar-refractivity contribution in [2.45, 2.75) is 52.4 Å². The summed E-state index contributed by atoms with van der Waals surface area (Å²) in [6.07, 6.45) is -0.342. The summed E-state index contributed by atoms with van der Waals surface area (Å²) in [7, 11) is 1.44. The lowest BCUT2D eigenvalue weighted by Gasteiger charge is -2.25. The van der Waals surface area contributed by atoms with E-state index in [1.807, 2.05) is 32.9 Å². The number of hydrogen-bond acceptors (Lipinski definition) is 4. The number of anilines is 1. The van der Waals surface area contributed by atoms with Gasteiger partial charge in [0.2, 0.25) is 0 Å². The number of rotatable bonds is 3. The van der Waals surface area contributed by atoms with Crippen LogP contribution in [0.25, 0.3) is 0 Å². The lowest BCUT2D eigenvalue weighted by molar-refractivity contribution is -0.139. The molecular weight excluding hydrogens is 346 g/mol. The highest BCUT2D eigenvalue weighted by Crippen LogP contribution is 2.21. The van der Waals surface area contributed by atoms with Crippen LogP contribution in [-0.2, 0) is 20.7 Å². The minimum atomic E-state index is -1.55. The molecular formula is C20H29NO4Si. The number of amides is 1. The van der Waals surface area contributed by atoms with Crippen LogP contribution in [0.3, 0.4) is 0 Å². The highest BCUT2D eigenvalue weighted by molar-refractivity contribution is 6.83. The smallest absolute Gasteiger partial charge is 0.414 e. The second-order valence-corrected chi connectivity index (χ2v) is 12.9. The summed E-state index contributed by atoms with van der Waals surface area (Å²) < 4.78 is 10.2. The zero-order chi connectivity index (χ0) is 20.1. The van der Waals surface area contributed by atoms with Gasteiger partial charge < -0.3 is 9.47 Å². The van der Waals surface area contributed by atoms with Crippen molar-refractivity contribution < 1.29 is 19.1 Å². The van der Waals surface area contributed by atoms with Crippen molar-refractivity contribution in [2.75, 3.05) is 19.1 Å². The SMILES string of the molecule is COC(=O)Cc1cc(C#C[Si](C)(C)C)cc(N(C)C(=O)OC(C)(C)C)c1. The summed E-state index contributed by atoms with van der Waals surface area (Å²) in [5.41, 5.74) is 4.85. The average molecular weight is 376 g/mol. The molecule has 1 amide bonds. The van der Waals surface area contributed by atoms with Gasteiger partial charge in [0.25, 0.3) is 0 Å². The first kappa shape index (κ1) is 21.8. The molecule has 0 radical (unpaired) electrons. The Morgan fingerprint density at radius 1 is 1.15 bits per heavy atom. The second kappa shape index (κ2) is 8.41. The molecule has 0 N–H and O–H groups in total. The average Bonchev–Trinajstić information content (AvgIpc) is 2.49. The van der Waals surface area contributed by atoms with E-state index in [1.165, 1.54) is 12.0 Å². The van der Waals surface area contributed by atoms with Crippen molar-refractivity contribution in [3.63, 3.8) is 0 Å². The Morgan fingerprint density at radius 2 is 1.77 bits per heavy atom. The first-order valence-electron chi connectivity index (χ1n) is 8.51. The Morgan fingerprint density at radius 3 is 2.27 bits per heavy atom. The molecule has 0 aromatic heterocycles. The van der Waals surface area contributed by atoms with Crippen LogP contribution in [0.5, 0.6) is 0 Å². The van der Waals surface area contributed by atoms with Crippen LogP contribution in [0.1, 0.15) is 31.9 Å². The Bertz CT molecular complexity index is 733. The van der Waals surface area contributed by atoms with Crippen molar-refractivity contribution in [2.24, 2.45) is 0 Å². The number of nitrogens with zero attached hydrogens (tertiary/aromatic N) is 1. The van der Waals surface area contributed by atoms with E-state index in [9.17, 15) is 9.59 Å². The molecule has 0 fully saturated rings. The summed E-state index contributed by atoms with van der Waals surface area (Å²) in [6, 6.07) is 5.47. The van der Waals surface area contributed by atoms with Gasteiger partial charge in [-0.15, -0.1) is 5.54 Å². The predicted octanol–water partition coefficient (Wildman–Crippen LogP) is 4.00. The van der Waals surface area contributed by atoms with Crippen molar-refractivity contribution in [3.8, 4) is 11.5 Å². The van der Waals surface area contributed by atoms with Gasteiger partial charge in [-0.05, 0) is 44.5 Å². The maximum absolute atomic E-state index is 12.4. The molecule has 5 nitrogen and oxygen atoms in total. The molecule has 0 aliphatic heterocycles. The van der Waals surface area contributed by atoms with Crippen molar-refractivity contribution in [3.05, 3.63) is 29.3 Å². The summed E-state index contributed by atoms with van der Waals surface area (Å²) in [6.45, 7) is 11.9. The number of hydrogen-bond donors (Lipinski definition) is 0. The van der Waals surface area contributed by atoms with E-state index in [1.54, 1.807) is 13.1 Å². The molecule has 0 aliphatic carbocycles. The zero-order valence-corrected chi connectivity index (χ0v) is 18.0. The summed E-state index contributed by atoms with van der Waals surface area (Å²) in [5, 5.41) is 0. The molecule has 0 unspecified atom stereocenters. The van der Waals surface area contributed by atoms with Crippen molar-refractivity contribution in [1.82, 2.24) is 0 Å². The van der Waals surface area contributed by atoms with Gasteiger partial charge in [-0.2, -0.15) is 0 Å². The van der Waals surface area contributed by atoms with E-state index in [0.717, 1.165) is 11.1 Å². The van der Waals surface area contributed by atoms with Gasteiger partial charge in [-0.25, -0.2) is 4.79 Å². The number of esters is 1. The van der Waals surface area contributed by atoms with E-state index in [4.69, 9.17) is 9.47 Å². The maximum Gasteiger partial charge on any atom is 0.414 e. The van der Waals surface area contributed by atoms with Gasteiger partial charge in [0.15, 0.2) is 0 Å². The molecule has 6 heteroatoms. The normalized spacial score (nSPS) is 11.2. The topological polar surface area (TPSA) is 55.8 Å². The second-order valence-electron chi connectivity index (χ2n) is 8.18. The molecule has 0 spiro atoms. The summed E-state index contributed by atoms with van der Waals surface area (Å²) >= 11 is 0. The highest BCUT2D eigenvalue weighted by atomic mass is 28.3. The molecule has 142 valence electrons. The van der Waals surface area contributed by atoms with E-state index in [0.29, 0.717) is 5.69 Å². The number of benzene rings is 1. The molecule has 0 heterocycles. The molecule has 1 aromatic rings. The molecule has 0 bridgehead atoms. The highest BCUT2D eigenvalue weighted by Gasteiger charge is 2.21. The summed E-state index contributed by atoms with van der Waals surface area (Å²) in [4.78, 5) is 25.4. The van der Waals surface area contributed by atoms with E-state index >= 15 is 0 Å². The van der Waals surface area contributed by atoms with Gasteiger partial charge in [-0.3, -0.25) is 9.69 Å². The van der Waals surface area contributed by atoms with Crippen molar-refractivity contribution in [1.29, 1.82) is 0 Å². The van der Waals surface area contributed by atoms with Gasteiger partial charge in [0.1, 0.15) is 13.7 Å². The quantitative estimate of drug-likeness (QED) is 0.455. The molecule has 0 saturated carbocycles. The molecule has 1 aromatic carbocycles. The van der Waals surface area contributed by atoms with Crippen LogP contribution in [-0.4, -0.2) is 39.9 Å². The van der Waals surface area contributed by atoms with Gasteiger partial charge in [-0.1, -0.05) is 25.6 Å². The third kappa shape index (κ3) is 7.75. The summed E-state index contributed by atoms with van der Waals surface area (Å²) in [5.74, 6) is 2.84. The first-order chi connectivity index (χ1) is 11.8. The van der Waals surface area contributed by atoms with Crippen LogP contribution in [0.15, 0.2) is 18.2 Å². The number of ether oxygens (including phenoxy) is 2. The number of methoxy groups -OCH3 is 1. The minimum Gasteiger partial charge on any atom is -0.469 e. The van der Waals surface area contributed by atoms with Crippen LogP contribution in [0.2, 0.25) is 19.6 Å². The van der Waals surface area contributed by atoms with Crippen LogP contribution in [0, 0.1) is 11.5 Å². The minimum absolute atomic E-state index is 0.119.